The van der Waals surface area contributed by atoms with Crippen LogP contribution in [0.15, 0.2) is 57.8 Å². The zero-order chi connectivity index (χ0) is 21.1. The largest absolute Gasteiger partial charge is 0.421 e. The maximum Gasteiger partial charge on any atom is 0.247 e. The molecule has 0 N–H and O–H groups in total. The second kappa shape index (κ2) is 8.67. The lowest BCUT2D eigenvalue weighted by Gasteiger charge is -2.34. The summed E-state index contributed by atoms with van der Waals surface area (Å²) in [4.78, 5) is 2.65. The molecule has 1 aliphatic heterocycles. The molecule has 1 aromatic heterocycles. The van der Waals surface area contributed by atoms with Gasteiger partial charge >= 0.3 is 0 Å². The highest BCUT2D eigenvalue weighted by Crippen LogP contribution is 2.23. The number of hydrogen-bond acceptors (Lipinski definition) is 6. The molecule has 0 saturated carbocycles. The van der Waals surface area contributed by atoms with Gasteiger partial charge in [-0.25, -0.2) is 8.42 Å². The summed E-state index contributed by atoms with van der Waals surface area (Å²) in [7, 11) is -3.47. The molecule has 0 atom stereocenters. The van der Waals surface area contributed by atoms with E-state index < -0.39 is 10.0 Å². The fraction of sp³-hybridized carbons (Fsp3) is 0.364. The number of aromatic nitrogens is 2. The monoisotopic (exact) mass is 426 g/mol. The lowest BCUT2D eigenvalue weighted by atomic mass is 10.2. The van der Waals surface area contributed by atoms with Crippen molar-refractivity contribution in [2.75, 3.05) is 32.7 Å². The Morgan fingerprint density at radius 3 is 2.43 bits per heavy atom. The molecular formula is C22H26N4O3S. The molecule has 2 aromatic carbocycles. The predicted octanol–water partition coefficient (Wildman–Crippen LogP) is 2.90. The molecule has 0 aliphatic carbocycles. The summed E-state index contributed by atoms with van der Waals surface area (Å²) in [5.41, 5.74) is 2.64. The Hall–Kier alpha value is -2.55. The van der Waals surface area contributed by atoms with E-state index in [0.29, 0.717) is 49.3 Å². The Labute approximate surface area is 177 Å². The number of rotatable bonds is 6. The highest BCUT2D eigenvalue weighted by Gasteiger charge is 2.29. The van der Waals surface area contributed by atoms with E-state index in [9.17, 15) is 8.42 Å². The van der Waals surface area contributed by atoms with E-state index >= 15 is 0 Å². The Morgan fingerprint density at radius 1 is 0.967 bits per heavy atom. The minimum Gasteiger partial charge on any atom is -0.421 e. The molecule has 0 unspecified atom stereocenters. The molecule has 4 rings (SSSR count). The van der Waals surface area contributed by atoms with Gasteiger partial charge in [-0.15, -0.1) is 10.2 Å². The summed E-state index contributed by atoms with van der Waals surface area (Å²) < 4.78 is 33.5. The van der Waals surface area contributed by atoms with E-state index in [1.807, 2.05) is 56.3 Å². The van der Waals surface area contributed by atoms with Gasteiger partial charge in [0, 0.05) is 44.7 Å². The van der Waals surface area contributed by atoms with Crippen molar-refractivity contribution in [1.29, 1.82) is 0 Å². The first-order chi connectivity index (χ1) is 14.4. The maximum absolute atomic E-state index is 13.1. The van der Waals surface area contributed by atoms with Crippen LogP contribution >= 0.6 is 0 Å². The molecule has 2 heterocycles. The molecule has 7 nitrogen and oxygen atoms in total. The second-order valence-electron chi connectivity index (χ2n) is 7.63. The Morgan fingerprint density at radius 2 is 1.70 bits per heavy atom. The summed E-state index contributed by atoms with van der Waals surface area (Å²) in [6, 6.07) is 15.3. The molecule has 30 heavy (non-hydrogen) atoms. The molecule has 0 bridgehead atoms. The van der Waals surface area contributed by atoms with Gasteiger partial charge in [-0.3, -0.25) is 0 Å². The van der Waals surface area contributed by atoms with Crippen LogP contribution < -0.4 is 0 Å². The lowest BCUT2D eigenvalue weighted by Crippen LogP contribution is -2.49. The molecule has 158 valence electrons. The van der Waals surface area contributed by atoms with E-state index in [0.717, 1.165) is 23.2 Å². The topological polar surface area (TPSA) is 79.5 Å². The number of hydrogen-bond donors (Lipinski definition) is 0. The van der Waals surface area contributed by atoms with Crippen molar-refractivity contribution >= 4 is 10.0 Å². The van der Waals surface area contributed by atoms with E-state index in [4.69, 9.17) is 4.42 Å². The first kappa shape index (κ1) is 20.7. The van der Waals surface area contributed by atoms with Crippen molar-refractivity contribution in [1.82, 2.24) is 19.4 Å². The third-order valence-corrected chi connectivity index (χ3v) is 7.46. The van der Waals surface area contributed by atoms with Crippen molar-refractivity contribution < 1.29 is 12.8 Å². The van der Waals surface area contributed by atoms with Gasteiger partial charge in [-0.05, 0) is 43.2 Å². The van der Waals surface area contributed by atoms with E-state index in [-0.39, 0.29) is 0 Å². The number of sulfonamides is 1. The van der Waals surface area contributed by atoms with Crippen molar-refractivity contribution in [2.45, 2.75) is 25.2 Å². The van der Waals surface area contributed by atoms with E-state index in [1.54, 1.807) is 10.4 Å². The Kier molecular flexibility index (Phi) is 5.99. The fourth-order valence-corrected chi connectivity index (χ4v) is 5.36. The average molecular weight is 427 g/mol. The predicted molar refractivity (Wildman–Crippen MR) is 115 cm³/mol. The molecule has 3 aromatic rings. The smallest absolute Gasteiger partial charge is 0.247 e. The molecule has 0 amide bonds. The van der Waals surface area contributed by atoms with Crippen molar-refractivity contribution in [3.05, 3.63) is 65.5 Å². The summed E-state index contributed by atoms with van der Waals surface area (Å²) in [5, 5.41) is 8.26. The summed E-state index contributed by atoms with van der Waals surface area (Å²) in [6.07, 6.45) is 0.642. The van der Waals surface area contributed by atoms with Gasteiger partial charge in [0.15, 0.2) is 0 Å². The van der Waals surface area contributed by atoms with Crippen molar-refractivity contribution in [3.8, 4) is 11.5 Å². The standard InChI is InChI=1S/C22H26N4O3S/c1-17-8-9-18(2)20(16-17)30(27,28)26-14-12-25(13-15-26)11-10-21-23-24-22(29-21)19-6-4-3-5-7-19/h3-9,16H,10-15H2,1-2H3. The molecule has 0 radical (unpaired) electrons. The molecule has 8 heteroatoms. The quantitative estimate of drug-likeness (QED) is 0.603. The third-order valence-electron chi connectivity index (χ3n) is 5.42. The molecule has 1 aliphatic rings. The van der Waals surface area contributed by atoms with Gasteiger partial charge in [0.1, 0.15) is 0 Å². The van der Waals surface area contributed by atoms with Gasteiger partial charge in [0.2, 0.25) is 21.8 Å². The summed E-state index contributed by atoms with van der Waals surface area (Å²) in [6.45, 7) is 6.85. The third kappa shape index (κ3) is 4.45. The minimum atomic E-state index is -3.47. The van der Waals surface area contributed by atoms with Crippen LogP contribution in [0.2, 0.25) is 0 Å². The number of benzene rings is 2. The second-order valence-corrected chi connectivity index (χ2v) is 9.54. The van der Waals surface area contributed by atoms with Crippen LogP contribution in [0.3, 0.4) is 0 Å². The van der Waals surface area contributed by atoms with Crippen LogP contribution in [0, 0.1) is 13.8 Å². The van der Waals surface area contributed by atoms with Crippen LogP contribution in [0.25, 0.3) is 11.5 Å². The zero-order valence-corrected chi connectivity index (χ0v) is 18.1. The maximum atomic E-state index is 13.1. The first-order valence-corrected chi connectivity index (χ1v) is 11.5. The van der Waals surface area contributed by atoms with E-state index in [1.165, 1.54) is 0 Å². The fourth-order valence-electron chi connectivity index (χ4n) is 3.62. The summed E-state index contributed by atoms with van der Waals surface area (Å²) >= 11 is 0. The van der Waals surface area contributed by atoms with Gasteiger partial charge < -0.3 is 9.32 Å². The van der Waals surface area contributed by atoms with Crippen LogP contribution in [0.1, 0.15) is 17.0 Å². The molecule has 1 fully saturated rings. The highest BCUT2D eigenvalue weighted by atomic mass is 32.2. The van der Waals surface area contributed by atoms with Crippen LogP contribution in [-0.2, 0) is 16.4 Å². The van der Waals surface area contributed by atoms with Gasteiger partial charge in [0.25, 0.3) is 0 Å². The van der Waals surface area contributed by atoms with E-state index in [2.05, 4.69) is 15.1 Å². The molecule has 0 spiro atoms. The van der Waals surface area contributed by atoms with Crippen molar-refractivity contribution in [3.63, 3.8) is 0 Å². The number of piperazine rings is 1. The normalized spacial score (nSPS) is 16.1. The van der Waals surface area contributed by atoms with Gasteiger partial charge in [0.05, 0.1) is 4.90 Å². The Balaban J connectivity index is 1.33. The van der Waals surface area contributed by atoms with Crippen LogP contribution in [0.5, 0.6) is 0 Å². The zero-order valence-electron chi connectivity index (χ0n) is 17.3. The van der Waals surface area contributed by atoms with Gasteiger partial charge in [-0.1, -0.05) is 30.3 Å². The molecular weight excluding hydrogens is 400 g/mol. The number of nitrogens with zero attached hydrogens (tertiary/aromatic N) is 4. The first-order valence-electron chi connectivity index (χ1n) is 10.1. The van der Waals surface area contributed by atoms with Gasteiger partial charge in [-0.2, -0.15) is 4.31 Å². The highest BCUT2D eigenvalue weighted by molar-refractivity contribution is 7.89. The number of aryl methyl sites for hydroxylation is 2. The molecule has 1 saturated heterocycles. The van der Waals surface area contributed by atoms with Crippen molar-refractivity contribution in [2.24, 2.45) is 0 Å². The summed E-state index contributed by atoms with van der Waals surface area (Å²) in [5.74, 6) is 1.12. The Bertz CT molecular complexity index is 1100. The SMILES string of the molecule is Cc1ccc(C)c(S(=O)(=O)N2CCN(CCc3nnc(-c4ccccc4)o3)CC2)c1. The average Bonchev–Trinajstić information content (AvgIpc) is 3.24. The van der Waals surface area contributed by atoms with Crippen LogP contribution in [0.4, 0.5) is 0 Å². The van der Waals surface area contributed by atoms with Crippen LogP contribution in [-0.4, -0.2) is 60.5 Å². The lowest BCUT2D eigenvalue weighted by molar-refractivity contribution is 0.187. The minimum absolute atomic E-state index is 0.412.